The number of imidazole rings is 1. The maximum atomic E-state index is 5.75. The first-order chi connectivity index (χ1) is 6.68. The molecule has 0 bridgehead atoms. The predicted octanol–water partition coefficient (Wildman–Crippen LogP) is 1.98. The largest absolute Gasteiger partial charge is 0.328 e. The number of rotatable bonds is 3. The van der Waals surface area contributed by atoms with Crippen molar-refractivity contribution in [1.82, 2.24) is 9.38 Å². The molecule has 0 aliphatic rings. The Labute approximate surface area is 87.6 Å². The predicted molar refractivity (Wildman–Crippen MR) is 59.8 cm³/mol. The van der Waals surface area contributed by atoms with Crippen molar-refractivity contribution in [2.75, 3.05) is 0 Å². The summed E-state index contributed by atoms with van der Waals surface area (Å²) in [5.41, 5.74) is 8.19. The molecule has 0 fully saturated rings. The van der Waals surface area contributed by atoms with Crippen LogP contribution in [0.5, 0.6) is 0 Å². The van der Waals surface area contributed by atoms with Gasteiger partial charge in [0.05, 0.1) is 5.69 Å². The number of aryl methyl sites for hydroxylation is 2. The van der Waals surface area contributed by atoms with Crippen LogP contribution in [0.25, 0.3) is 4.96 Å². The van der Waals surface area contributed by atoms with E-state index in [4.69, 9.17) is 5.73 Å². The minimum Gasteiger partial charge on any atom is -0.328 e. The molecule has 0 radical (unpaired) electrons. The lowest BCUT2D eigenvalue weighted by molar-refractivity contribution is 0.654. The number of nitrogens with two attached hydrogens (primary N) is 1. The second-order valence-corrected chi connectivity index (χ2v) is 4.59. The SMILES string of the molecule is Cc1nc2sccn2c1CC[C@@H](C)N. The average Bonchev–Trinajstić information content (AvgIpc) is 2.61. The molecule has 0 aliphatic carbocycles. The Kier molecular flexibility index (Phi) is 2.56. The van der Waals surface area contributed by atoms with E-state index in [9.17, 15) is 0 Å². The summed E-state index contributed by atoms with van der Waals surface area (Å²) in [5, 5.41) is 2.07. The molecular weight excluding hydrogens is 194 g/mol. The van der Waals surface area contributed by atoms with Crippen LogP contribution in [0.4, 0.5) is 0 Å². The van der Waals surface area contributed by atoms with Crippen molar-refractivity contribution in [2.24, 2.45) is 5.73 Å². The van der Waals surface area contributed by atoms with Crippen molar-refractivity contribution in [3.05, 3.63) is 23.0 Å². The summed E-state index contributed by atoms with van der Waals surface area (Å²) >= 11 is 1.68. The summed E-state index contributed by atoms with van der Waals surface area (Å²) in [4.78, 5) is 5.58. The van der Waals surface area contributed by atoms with Crippen molar-refractivity contribution in [2.45, 2.75) is 32.7 Å². The summed E-state index contributed by atoms with van der Waals surface area (Å²) in [6.07, 6.45) is 4.11. The quantitative estimate of drug-likeness (QED) is 0.840. The van der Waals surface area contributed by atoms with Crippen LogP contribution in [0.1, 0.15) is 24.7 Å². The Morgan fingerprint density at radius 2 is 2.43 bits per heavy atom. The first-order valence-electron chi connectivity index (χ1n) is 4.85. The number of nitrogens with zero attached hydrogens (tertiary/aromatic N) is 2. The van der Waals surface area contributed by atoms with E-state index < -0.39 is 0 Å². The van der Waals surface area contributed by atoms with Gasteiger partial charge in [0, 0.05) is 23.3 Å². The molecule has 2 heterocycles. The van der Waals surface area contributed by atoms with Crippen molar-refractivity contribution in [3.63, 3.8) is 0 Å². The van der Waals surface area contributed by atoms with Gasteiger partial charge >= 0.3 is 0 Å². The highest BCUT2D eigenvalue weighted by atomic mass is 32.1. The highest BCUT2D eigenvalue weighted by Gasteiger charge is 2.09. The van der Waals surface area contributed by atoms with Gasteiger partial charge in [0.25, 0.3) is 0 Å². The van der Waals surface area contributed by atoms with Crippen molar-refractivity contribution < 1.29 is 0 Å². The topological polar surface area (TPSA) is 43.3 Å². The van der Waals surface area contributed by atoms with E-state index in [1.807, 2.05) is 6.92 Å². The van der Waals surface area contributed by atoms with E-state index in [2.05, 4.69) is 27.9 Å². The third-order valence-corrected chi connectivity index (χ3v) is 3.15. The highest BCUT2D eigenvalue weighted by molar-refractivity contribution is 7.15. The molecule has 0 unspecified atom stereocenters. The summed E-state index contributed by atoms with van der Waals surface area (Å²) in [6, 6.07) is 0.263. The van der Waals surface area contributed by atoms with Crippen molar-refractivity contribution >= 4 is 16.3 Å². The van der Waals surface area contributed by atoms with Gasteiger partial charge in [-0.15, -0.1) is 11.3 Å². The molecule has 2 aromatic rings. The van der Waals surface area contributed by atoms with Crippen LogP contribution >= 0.6 is 11.3 Å². The first-order valence-corrected chi connectivity index (χ1v) is 5.73. The van der Waals surface area contributed by atoms with Gasteiger partial charge in [-0.05, 0) is 26.7 Å². The van der Waals surface area contributed by atoms with Gasteiger partial charge in [0.1, 0.15) is 0 Å². The molecular formula is C10H15N3S. The van der Waals surface area contributed by atoms with E-state index in [1.54, 1.807) is 11.3 Å². The summed E-state index contributed by atoms with van der Waals surface area (Å²) in [7, 11) is 0. The van der Waals surface area contributed by atoms with Crippen LogP contribution in [0.15, 0.2) is 11.6 Å². The van der Waals surface area contributed by atoms with Gasteiger partial charge < -0.3 is 5.73 Å². The fourth-order valence-corrected chi connectivity index (χ4v) is 2.38. The second-order valence-electron chi connectivity index (χ2n) is 3.72. The van der Waals surface area contributed by atoms with Crippen LogP contribution in [-0.2, 0) is 6.42 Å². The molecule has 0 aliphatic heterocycles. The van der Waals surface area contributed by atoms with Crippen molar-refractivity contribution in [1.29, 1.82) is 0 Å². The van der Waals surface area contributed by atoms with E-state index in [1.165, 1.54) is 5.69 Å². The maximum absolute atomic E-state index is 5.75. The van der Waals surface area contributed by atoms with Crippen LogP contribution in [-0.4, -0.2) is 15.4 Å². The lowest BCUT2D eigenvalue weighted by atomic mass is 10.1. The summed E-state index contributed by atoms with van der Waals surface area (Å²) < 4.78 is 2.17. The zero-order chi connectivity index (χ0) is 10.1. The fraction of sp³-hybridized carbons (Fsp3) is 0.500. The Bertz CT molecular complexity index is 427. The Morgan fingerprint density at radius 3 is 3.14 bits per heavy atom. The molecule has 4 heteroatoms. The number of thiazole rings is 1. The molecule has 2 N–H and O–H groups in total. The molecule has 0 amide bonds. The molecule has 1 atom stereocenters. The molecule has 0 saturated carbocycles. The van der Waals surface area contributed by atoms with E-state index in [0.29, 0.717) is 0 Å². The zero-order valence-electron chi connectivity index (χ0n) is 8.53. The van der Waals surface area contributed by atoms with Gasteiger partial charge in [0.2, 0.25) is 0 Å². The molecule has 14 heavy (non-hydrogen) atoms. The van der Waals surface area contributed by atoms with Gasteiger partial charge in [-0.1, -0.05) is 0 Å². The normalized spacial score (nSPS) is 13.6. The lowest BCUT2D eigenvalue weighted by Crippen LogP contribution is -2.16. The molecule has 3 nitrogen and oxygen atoms in total. The number of fused-ring (bicyclic) bond motifs is 1. The first kappa shape index (κ1) is 9.68. The highest BCUT2D eigenvalue weighted by Crippen LogP contribution is 2.18. The monoisotopic (exact) mass is 209 g/mol. The maximum Gasteiger partial charge on any atom is 0.194 e. The smallest absolute Gasteiger partial charge is 0.194 e. The lowest BCUT2D eigenvalue weighted by Gasteiger charge is -2.04. The third-order valence-electron chi connectivity index (χ3n) is 2.40. The number of aromatic nitrogens is 2. The minimum atomic E-state index is 0.263. The Hall–Kier alpha value is -0.870. The van der Waals surface area contributed by atoms with Crippen LogP contribution in [0, 0.1) is 6.92 Å². The van der Waals surface area contributed by atoms with Gasteiger partial charge in [0.15, 0.2) is 4.96 Å². The Balaban J connectivity index is 2.29. The molecule has 2 aromatic heterocycles. The van der Waals surface area contributed by atoms with Crippen molar-refractivity contribution in [3.8, 4) is 0 Å². The molecule has 2 rings (SSSR count). The molecule has 0 aromatic carbocycles. The average molecular weight is 209 g/mol. The van der Waals surface area contributed by atoms with Gasteiger partial charge in [-0.2, -0.15) is 0 Å². The van der Waals surface area contributed by atoms with Crippen LogP contribution in [0.3, 0.4) is 0 Å². The molecule has 76 valence electrons. The van der Waals surface area contributed by atoms with E-state index >= 15 is 0 Å². The van der Waals surface area contributed by atoms with Gasteiger partial charge in [-0.25, -0.2) is 4.98 Å². The van der Waals surface area contributed by atoms with E-state index in [0.717, 1.165) is 23.5 Å². The van der Waals surface area contributed by atoms with E-state index in [-0.39, 0.29) is 6.04 Å². The second kappa shape index (κ2) is 3.71. The summed E-state index contributed by atoms with van der Waals surface area (Å²) in [6.45, 7) is 4.11. The molecule has 0 saturated heterocycles. The van der Waals surface area contributed by atoms with Gasteiger partial charge in [-0.3, -0.25) is 4.40 Å². The van der Waals surface area contributed by atoms with Crippen LogP contribution in [0.2, 0.25) is 0 Å². The standard InChI is InChI=1S/C10H15N3S/c1-7(11)3-4-9-8(2)12-10-13(9)5-6-14-10/h5-7H,3-4,11H2,1-2H3/t7-/m1/s1. The summed E-state index contributed by atoms with van der Waals surface area (Å²) in [5.74, 6) is 0. The number of hydrogen-bond donors (Lipinski definition) is 1. The zero-order valence-corrected chi connectivity index (χ0v) is 9.34. The minimum absolute atomic E-state index is 0.263. The van der Waals surface area contributed by atoms with Crippen LogP contribution < -0.4 is 5.73 Å². The Morgan fingerprint density at radius 1 is 1.64 bits per heavy atom. The fourth-order valence-electron chi connectivity index (χ4n) is 1.61. The molecule has 0 spiro atoms. The third kappa shape index (κ3) is 1.67. The number of hydrogen-bond acceptors (Lipinski definition) is 3.